The Hall–Kier alpha value is -3.78. The summed E-state index contributed by atoms with van der Waals surface area (Å²) in [5, 5.41) is 5.33. The summed E-state index contributed by atoms with van der Waals surface area (Å²) in [5.74, 6) is 1.73. The van der Waals surface area contributed by atoms with Crippen LogP contribution in [0.3, 0.4) is 0 Å². The summed E-state index contributed by atoms with van der Waals surface area (Å²) < 4.78 is 11.5. The van der Waals surface area contributed by atoms with Gasteiger partial charge in [0.1, 0.15) is 11.5 Å². The molecule has 168 valence electrons. The van der Waals surface area contributed by atoms with Crippen LogP contribution >= 0.6 is 11.3 Å². The van der Waals surface area contributed by atoms with Crippen molar-refractivity contribution >= 4 is 22.4 Å². The molecule has 33 heavy (non-hydrogen) atoms. The molecule has 0 aliphatic carbocycles. The molecule has 0 unspecified atom stereocenters. The number of ether oxygens (including phenoxy) is 2. The van der Waals surface area contributed by atoms with Gasteiger partial charge in [0, 0.05) is 35.0 Å². The zero-order valence-corrected chi connectivity index (χ0v) is 19.5. The molecule has 3 aromatic heterocycles. The van der Waals surface area contributed by atoms with Crippen molar-refractivity contribution in [1.29, 1.82) is 0 Å². The first-order valence-electron chi connectivity index (χ1n) is 10.6. The van der Waals surface area contributed by atoms with Crippen molar-refractivity contribution in [3.05, 3.63) is 77.1 Å². The molecule has 7 nitrogen and oxygen atoms in total. The van der Waals surface area contributed by atoms with E-state index >= 15 is 0 Å². The summed E-state index contributed by atoms with van der Waals surface area (Å²) in [5.41, 5.74) is 4.42. The zero-order valence-electron chi connectivity index (χ0n) is 18.7. The van der Waals surface area contributed by atoms with E-state index in [1.54, 1.807) is 36.8 Å². The number of thiazole rings is 1. The summed E-state index contributed by atoms with van der Waals surface area (Å²) in [6, 6.07) is 10.9. The lowest BCUT2D eigenvalue weighted by molar-refractivity contribution is 0.102. The fourth-order valence-electron chi connectivity index (χ4n) is 3.36. The minimum atomic E-state index is -0.213. The molecule has 0 spiro atoms. The smallest absolute Gasteiger partial charge is 0.257 e. The van der Waals surface area contributed by atoms with Gasteiger partial charge in [0.05, 0.1) is 18.5 Å². The van der Waals surface area contributed by atoms with E-state index in [9.17, 15) is 4.79 Å². The number of benzene rings is 1. The molecule has 0 bridgehead atoms. The first-order valence-corrected chi connectivity index (χ1v) is 11.5. The number of aromatic nitrogens is 3. The van der Waals surface area contributed by atoms with Gasteiger partial charge in [0.15, 0.2) is 5.13 Å². The van der Waals surface area contributed by atoms with Crippen molar-refractivity contribution in [3.8, 4) is 28.6 Å². The van der Waals surface area contributed by atoms with Crippen molar-refractivity contribution in [2.45, 2.75) is 27.2 Å². The number of nitrogens with one attached hydrogen (secondary N) is 1. The minimum absolute atomic E-state index is 0.213. The molecule has 1 N–H and O–H groups in total. The van der Waals surface area contributed by atoms with E-state index in [0.717, 1.165) is 34.6 Å². The van der Waals surface area contributed by atoms with E-state index < -0.39 is 0 Å². The molecule has 4 rings (SSSR count). The van der Waals surface area contributed by atoms with E-state index in [0.29, 0.717) is 28.9 Å². The molecular weight excluding hydrogens is 436 g/mol. The molecule has 0 fully saturated rings. The fraction of sp³-hybridized carbons (Fsp3) is 0.200. The average molecular weight is 461 g/mol. The highest BCUT2D eigenvalue weighted by atomic mass is 32.1. The van der Waals surface area contributed by atoms with Crippen molar-refractivity contribution in [2.24, 2.45) is 0 Å². The fourth-order valence-corrected chi connectivity index (χ4v) is 4.06. The van der Waals surface area contributed by atoms with Crippen LogP contribution in [0.15, 0.2) is 60.4 Å². The Morgan fingerprint density at radius 3 is 2.48 bits per heavy atom. The number of nitrogens with zero attached hydrogens (tertiary/aromatic N) is 3. The third-order valence-electron chi connectivity index (χ3n) is 4.83. The normalized spacial score (nSPS) is 10.6. The number of anilines is 1. The Morgan fingerprint density at radius 1 is 1.06 bits per heavy atom. The Bertz CT molecular complexity index is 1220. The molecular formula is C25H24N4O3S. The third-order valence-corrected chi connectivity index (χ3v) is 5.59. The molecule has 4 aromatic rings. The van der Waals surface area contributed by atoms with Gasteiger partial charge >= 0.3 is 0 Å². The van der Waals surface area contributed by atoms with E-state index in [2.05, 4.69) is 27.2 Å². The van der Waals surface area contributed by atoms with Gasteiger partial charge in [-0.1, -0.05) is 6.92 Å². The summed E-state index contributed by atoms with van der Waals surface area (Å²) in [6.07, 6.45) is 5.76. The Labute approximate surface area is 196 Å². The van der Waals surface area contributed by atoms with Crippen LogP contribution in [0.5, 0.6) is 17.4 Å². The maximum atomic E-state index is 12.4. The van der Waals surface area contributed by atoms with Crippen molar-refractivity contribution in [3.63, 3.8) is 0 Å². The largest absolute Gasteiger partial charge is 0.478 e. The van der Waals surface area contributed by atoms with Crippen LogP contribution in [0.2, 0.25) is 0 Å². The number of amides is 1. The first-order chi connectivity index (χ1) is 16.0. The Balaban J connectivity index is 1.48. The molecule has 0 aliphatic rings. The second-order valence-corrected chi connectivity index (χ2v) is 8.30. The SMILES string of the molecule is CCCOc1ccc(Oc2cc(C)c(-c3csc(NC(=O)c4ccncc4)n3)c(C)c2)cn1. The van der Waals surface area contributed by atoms with Gasteiger partial charge in [-0.2, -0.15) is 0 Å². The van der Waals surface area contributed by atoms with Gasteiger partial charge in [-0.3, -0.25) is 15.1 Å². The number of aryl methyl sites for hydroxylation is 2. The molecule has 0 saturated carbocycles. The quantitative estimate of drug-likeness (QED) is 0.344. The highest BCUT2D eigenvalue weighted by molar-refractivity contribution is 7.14. The van der Waals surface area contributed by atoms with Crippen LogP contribution in [-0.4, -0.2) is 27.5 Å². The number of hydrogen-bond acceptors (Lipinski definition) is 7. The number of hydrogen-bond donors (Lipinski definition) is 1. The average Bonchev–Trinajstić information content (AvgIpc) is 3.26. The van der Waals surface area contributed by atoms with Crippen molar-refractivity contribution in [2.75, 3.05) is 11.9 Å². The number of pyridine rings is 2. The van der Waals surface area contributed by atoms with Crippen LogP contribution in [0.1, 0.15) is 34.8 Å². The van der Waals surface area contributed by atoms with Gasteiger partial charge < -0.3 is 9.47 Å². The summed E-state index contributed by atoms with van der Waals surface area (Å²) in [4.78, 5) is 25.2. The second kappa shape index (κ2) is 10.2. The van der Waals surface area contributed by atoms with Crippen molar-refractivity contribution < 1.29 is 14.3 Å². The second-order valence-electron chi connectivity index (χ2n) is 7.44. The standard InChI is InChI=1S/C25H24N4O3S/c1-4-11-31-22-6-5-19(14-27-22)32-20-12-16(2)23(17(3)13-20)21-15-33-25(28-21)29-24(30)18-7-9-26-10-8-18/h5-10,12-15H,4,11H2,1-3H3,(H,28,29,30). The van der Waals surface area contributed by atoms with Crippen LogP contribution in [0.25, 0.3) is 11.3 Å². The monoisotopic (exact) mass is 460 g/mol. The molecule has 0 atom stereocenters. The van der Waals surface area contributed by atoms with Gasteiger partial charge in [-0.25, -0.2) is 9.97 Å². The predicted octanol–water partition coefficient (Wildman–Crippen LogP) is 6.05. The Kier molecular flexibility index (Phi) is 6.95. The lowest BCUT2D eigenvalue weighted by Gasteiger charge is -2.12. The van der Waals surface area contributed by atoms with E-state index in [-0.39, 0.29) is 5.91 Å². The molecule has 8 heteroatoms. The molecule has 1 amide bonds. The van der Waals surface area contributed by atoms with Gasteiger partial charge in [-0.05, 0) is 61.7 Å². The number of carbonyl (C=O) groups excluding carboxylic acids is 1. The number of carbonyl (C=O) groups is 1. The molecule has 0 aliphatic heterocycles. The zero-order chi connectivity index (χ0) is 23.2. The Morgan fingerprint density at radius 2 is 1.82 bits per heavy atom. The maximum Gasteiger partial charge on any atom is 0.257 e. The van der Waals surface area contributed by atoms with E-state index in [1.807, 2.05) is 37.4 Å². The van der Waals surface area contributed by atoms with Crippen LogP contribution < -0.4 is 14.8 Å². The highest BCUT2D eigenvalue weighted by Crippen LogP contribution is 2.34. The molecule has 1 aromatic carbocycles. The molecule has 0 radical (unpaired) electrons. The first kappa shape index (κ1) is 22.4. The minimum Gasteiger partial charge on any atom is -0.478 e. The van der Waals surface area contributed by atoms with Gasteiger partial charge in [0.2, 0.25) is 5.88 Å². The van der Waals surface area contributed by atoms with Gasteiger partial charge in [-0.15, -0.1) is 11.3 Å². The van der Waals surface area contributed by atoms with E-state index in [4.69, 9.17) is 9.47 Å². The lowest BCUT2D eigenvalue weighted by Crippen LogP contribution is -2.11. The summed E-state index contributed by atoms with van der Waals surface area (Å²) in [7, 11) is 0. The van der Waals surface area contributed by atoms with Crippen LogP contribution in [0.4, 0.5) is 5.13 Å². The lowest BCUT2D eigenvalue weighted by atomic mass is 10.0. The van der Waals surface area contributed by atoms with Gasteiger partial charge in [0.25, 0.3) is 5.91 Å². The highest BCUT2D eigenvalue weighted by Gasteiger charge is 2.14. The predicted molar refractivity (Wildman–Crippen MR) is 129 cm³/mol. The number of rotatable bonds is 8. The third kappa shape index (κ3) is 5.53. The topological polar surface area (TPSA) is 86.2 Å². The van der Waals surface area contributed by atoms with Crippen molar-refractivity contribution in [1.82, 2.24) is 15.0 Å². The molecule has 3 heterocycles. The van der Waals surface area contributed by atoms with Crippen LogP contribution in [-0.2, 0) is 0 Å². The maximum absolute atomic E-state index is 12.4. The van der Waals surface area contributed by atoms with E-state index in [1.165, 1.54) is 11.3 Å². The molecule has 0 saturated heterocycles. The summed E-state index contributed by atoms with van der Waals surface area (Å²) >= 11 is 1.39. The van der Waals surface area contributed by atoms with Crippen LogP contribution in [0, 0.1) is 13.8 Å². The summed E-state index contributed by atoms with van der Waals surface area (Å²) in [6.45, 7) is 6.73.